The molecule has 1 atom stereocenters. The smallest absolute Gasteiger partial charge is 0.0692 e. The van der Waals surface area contributed by atoms with Crippen LogP contribution in [0.25, 0.3) is 0 Å². The molecule has 17 heavy (non-hydrogen) atoms. The molecule has 2 heteroatoms. The zero-order chi connectivity index (χ0) is 12.7. The number of aliphatic hydroxyl groups is 1. The lowest BCUT2D eigenvalue weighted by molar-refractivity contribution is 0.0993. The molecule has 2 nitrogen and oxygen atoms in total. The Balaban J connectivity index is 2.10. The molecule has 1 saturated carbocycles. The average molecular weight is 241 g/mol. The van der Waals surface area contributed by atoms with Crippen LogP contribution in [0.2, 0.25) is 0 Å². The molecule has 1 rings (SSSR count). The van der Waals surface area contributed by atoms with E-state index in [0.29, 0.717) is 5.92 Å². The van der Waals surface area contributed by atoms with Gasteiger partial charge >= 0.3 is 0 Å². The van der Waals surface area contributed by atoms with Gasteiger partial charge in [0.15, 0.2) is 0 Å². The molecule has 1 fully saturated rings. The molecule has 0 radical (unpaired) electrons. The molecule has 0 spiro atoms. The number of hydrogen-bond acceptors (Lipinski definition) is 2. The standard InChI is InChI=1S/C15H31NO/c1-4-14(5-2)15(17)11-16-10-13-8-6-12(3)7-9-13/h12-17H,4-11H2,1-3H3. The first kappa shape index (κ1) is 15.0. The lowest BCUT2D eigenvalue weighted by atomic mass is 9.83. The van der Waals surface area contributed by atoms with Crippen LogP contribution in [-0.4, -0.2) is 24.3 Å². The van der Waals surface area contributed by atoms with Crippen molar-refractivity contribution in [3.63, 3.8) is 0 Å². The molecule has 1 aliphatic carbocycles. The van der Waals surface area contributed by atoms with Crippen LogP contribution in [-0.2, 0) is 0 Å². The number of hydrogen-bond donors (Lipinski definition) is 2. The van der Waals surface area contributed by atoms with Crippen molar-refractivity contribution in [2.24, 2.45) is 17.8 Å². The van der Waals surface area contributed by atoms with E-state index >= 15 is 0 Å². The molecule has 0 bridgehead atoms. The van der Waals surface area contributed by atoms with Crippen molar-refractivity contribution in [3.05, 3.63) is 0 Å². The van der Waals surface area contributed by atoms with E-state index in [-0.39, 0.29) is 6.10 Å². The van der Waals surface area contributed by atoms with Gasteiger partial charge in [-0.25, -0.2) is 0 Å². The third-order valence-electron chi connectivity index (χ3n) is 4.51. The average Bonchev–Trinajstić information content (AvgIpc) is 2.33. The quantitative estimate of drug-likeness (QED) is 0.717. The van der Waals surface area contributed by atoms with E-state index in [1.807, 2.05) is 0 Å². The minimum Gasteiger partial charge on any atom is -0.392 e. The minimum absolute atomic E-state index is 0.160. The summed E-state index contributed by atoms with van der Waals surface area (Å²) < 4.78 is 0. The van der Waals surface area contributed by atoms with Crippen LogP contribution in [0.15, 0.2) is 0 Å². The van der Waals surface area contributed by atoms with Crippen molar-refractivity contribution >= 4 is 0 Å². The molecule has 2 N–H and O–H groups in total. The van der Waals surface area contributed by atoms with Crippen LogP contribution in [0.4, 0.5) is 0 Å². The van der Waals surface area contributed by atoms with E-state index in [1.165, 1.54) is 25.7 Å². The molecule has 0 aromatic heterocycles. The summed E-state index contributed by atoms with van der Waals surface area (Å²) in [6.07, 6.45) is 7.53. The number of rotatable bonds is 7. The van der Waals surface area contributed by atoms with Gasteiger partial charge in [-0.3, -0.25) is 0 Å². The largest absolute Gasteiger partial charge is 0.392 e. The Morgan fingerprint density at radius 1 is 1.12 bits per heavy atom. The van der Waals surface area contributed by atoms with Gasteiger partial charge in [-0.1, -0.05) is 46.5 Å². The highest BCUT2D eigenvalue weighted by atomic mass is 16.3. The van der Waals surface area contributed by atoms with E-state index in [1.54, 1.807) is 0 Å². The lowest BCUT2D eigenvalue weighted by Gasteiger charge is -2.27. The molecule has 102 valence electrons. The molecule has 0 aromatic rings. The Hall–Kier alpha value is -0.0800. The molecule has 1 aliphatic rings. The third-order valence-corrected chi connectivity index (χ3v) is 4.51. The van der Waals surface area contributed by atoms with Crippen molar-refractivity contribution < 1.29 is 5.11 Å². The van der Waals surface area contributed by atoms with Gasteiger partial charge in [-0.2, -0.15) is 0 Å². The zero-order valence-electron chi connectivity index (χ0n) is 11.9. The monoisotopic (exact) mass is 241 g/mol. The fourth-order valence-corrected chi connectivity index (χ4v) is 2.97. The Morgan fingerprint density at radius 2 is 1.71 bits per heavy atom. The summed E-state index contributed by atoms with van der Waals surface area (Å²) in [6, 6.07) is 0. The fourth-order valence-electron chi connectivity index (χ4n) is 2.97. The van der Waals surface area contributed by atoms with Crippen molar-refractivity contribution in [2.45, 2.75) is 65.4 Å². The van der Waals surface area contributed by atoms with Gasteiger partial charge in [0, 0.05) is 6.54 Å². The highest BCUT2D eigenvalue weighted by Crippen LogP contribution is 2.27. The van der Waals surface area contributed by atoms with Gasteiger partial charge in [0.2, 0.25) is 0 Å². The first-order valence-corrected chi connectivity index (χ1v) is 7.56. The molecule has 0 aliphatic heterocycles. The second kappa shape index (κ2) is 8.10. The Morgan fingerprint density at radius 3 is 2.24 bits per heavy atom. The molecule has 0 saturated heterocycles. The summed E-state index contributed by atoms with van der Waals surface area (Å²) >= 11 is 0. The number of aliphatic hydroxyl groups excluding tert-OH is 1. The maximum absolute atomic E-state index is 10.0. The Labute approximate surface area is 107 Å². The number of nitrogens with one attached hydrogen (secondary N) is 1. The highest BCUT2D eigenvalue weighted by Gasteiger charge is 2.19. The van der Waals surface area contributed by atoms with Crippen LogP contribution in [0, 0.1) is 17.8 Å². The third kappa shape index (κ3) is 5.39. The molecule has 0 amide bonds. The van der Waals surface area contributed by atoms with Gasteiger partial charge in [0.1, 0.15) is 0 Å². The Bertz CT molecular complexity index is 183. The van der Waals surface area contributed by atoms with Gasteiger partial charge in [-0.05, 0) is 37.1 Å². The van der Waals surface area contributed by atoms with E-state index in [0.717, 1.165) is 37.8 Å². The Kier molecular flexibility index (Phi) is 7.14. The molecular weight excluding hydrogens is 210 g/mol. The summed E-state index contributed by atoms with van der Waals surface area (Å²) in [4.78, 5) is 0. The SMILES string of the molecule is CCC(CC)C(O)CNCC1CCC(C)CC1. The summed E-state index contributed by atoms with van der Waals surface area (Å²) in [7, 11) is 0. The van der Waals surface area contributed by atoms with Crippen molar-refractivity contribution in [1.82, 2.24) is 5.32 Å². The van der Waals surface area contributed by atoms with Gasteiger partial charge in [-0.15, -0.1) is 0 Å². The summed E-state index contributed by atoms with van der Waals surface area (Å²) in [5.74, 6) is 2.25. The zero-order valence-corrected chi connectivity index (χ0v) is 11.9. The van der Waals surface area contributed by atoms with E-state index in [9.17, 15) is 5.11 Å². The molecule has 1 unspecified atom stereocenters. The van der Waals surface area contributed by atoms with Crippen LogP contribution < -0.4 is 5.32 Å². The van der Waals surface area contributed by atoms with Crippen molar-refractivity contribution in [2.75, 3.05) is 13.1 Å². The summed E-state index contributed by atoms with van der Waals surface area (Å²) in [5.41, 5.74) is 0. The van der Waals surface area contributed by atoms with Gasteiger partial charge < -0.3 is 10.4 Å². The summed E-state index contributed by atoms with van der Waals surface area (Å²) in [5, 5.41) is 13.5. The van der Waals surface area contributed by atoms with Crippen LogP contribution in [0.5, 0.6) is 0 Å². The van der Waals surface area contributed by atoms with E-state index in [4.69, 9.17) is 0 Å². The summed E-state index contributed by atoms with van der Waals surface area (Å²) in [6.45, 7) is 8.57. The molecular formula is C15H31NO. The first-order chi connectivity index (χ1) is 8.17. The van der Waals surface area contributed by atoms with Crippen molar-refractivity contribution in [1.29, 1.82) is 0 Å². The van der Waals surface area contributed by atoms with Gasteiger partial charge in [0.05, 0.1) is 6.10 Å². The van der Waals surface area contributed by atoms with E-state index < -0.39 is 0 Å². The normalized spacial score (nSPS) is 27.4. The fraction of sp³-hybridized carbons (Fsp3) is 1.00. The topological polar surface area (TPSA) is 32.3 Å². The highest BCUT2D eigenvalue weighted by molar-refractivity contribution is 4.74. The molecule has 0 heterocycles. The maximum Gasteiger partial charge on any atom is 0.0692 e. The minimum atomic E-state index is -0.160. The van der Waals surface area contributed by atoms with E-state index in [2.05, 4.69) is 26.1 Å². The van der Waals surface area contributed by atoms with Crippen LogP contribution in [0.1, 0.15) is 59.3 Å². The second-order valence-corrected chi connectivity index (χ2v) is 5.93. The maximum atomic E-state index is 10.0. The predicted octanol–water partition coefficient (Wildman–Crippen LogP) is 3.20. The molecule has 0 aromatic carbocycles. The van der Waals surface area contributed by atoms with Crippen molar-refractivity contribution in [3.8, 4) is 0 Å². The predicted molar refractivity (Wildman–Crippen MR) is 74.1 cm³/mol. The second-order valence-electron chi connectivity index (χ2n) is 5.93. The first-order valence-electron chi connectivity index (χ1n) is 7.56. The van der Waals surface area contributed by atoms with Crippen LogP contribution >= 0.6 is 0 Å². The lowest BCUT2D eigenvalue weighted by Crippen LogP contribution is -2.35. The van der Waals surface area contributed by atoms with Gasteiger partial charge in [0.25, 0.3) is 0 Å². The van der Waals surface area contributed by atoms with Crippen LogP contribution in [0.3, 0.4) is 0 Å².